The van der Waals surface area contributed by atoms with E-state index in [2.05, 4.69) is 0 Å². The number of aliphatic hydroxyl groups is 1. The number of allylic oxidation sites excluding steroid dienone is 2. The van der Waals surface area contributed by atoms with Gasteiger partial charge in [-0.2, -0.15) is 0 Å². The highest BCUT2D eigenvalue weighted by atomic mass is 16.3. The molecule has 2 heteroatoms. The molecule has 0 aromatic heterocycles. The number of hydrogen-bond donors (Lipinski definition) is 2. The maximum atomic E-state index is 11.1. The van der Waals surface area contributed by atoms with Gasteiger partial charge in [-0.3, -0.25) is 0 Å². The van der Waals surface area contributed by atoms with Gasteiger partial charge in [-0.1, -0.05) is 66.8 Å². The molecule has 2 aromatic rings. The molecule has 1 atom stereocenters. The van der Waals surface area contributed by atoms with Gasteiger partial charge in [0.2, 0.25) is 0 Å². The highest BCUT2D eigenvalue weighted by Gasteiger charge is 2.35. The molecule has 1 unspecified atom stereocenters. The van der Waals surface area contributed by atoms with Crippen LogP contribution in [-0.4, -0.2) is 10.2 Å². The predicted molar refractivity (Wildman–Crippen MR) is 80.2 cm³/mol. The Bertz CT molecular complexity index is 671. The Hall–Kier alpha value is -2.32. The maximum absolute atomic E-state index is 11.1. The summed E-state index contributed by atoms with van der Waals surface area (Å²) < 4.78 is 0. The average Bonchev–Trinajstić information content (AvgIpc) is 2.50. The van der Waals surface area contributed by atoms with Gasteiger partial charge in [0.05, 0.1) is 0 Å². The lowest BCUT2D eigenvalue weighted by molar-refractivity contribution is 0.103. The Balaban J connectivity index is 2.15. The summed E-state index contributed by atoms with van der Waals surface area (Å²) in [4.78, 5) is 0. The minimum atomic E-state index is -1.10. The second-order valence-electron chi connectivity index (χ2n) is 4.96. The Labute approximate surface area is 118 Å². The van der Waals surface area contributed by atoms with Gasteiger partial charge in [-0.25, -0.2) is 0 Å². The molecule has 0 radical (unpaired) electrons. The first-order valence-electron chi connectivity index (χ1n) is 6.65. The number of hydrogen-bond acceptors (Lipinski definition) is 2. The summed E-state index contributed by atoms with van der Waals surface area (Å²) in [5.74, 6) is 0.184. The summed E-state index contributed by atoms with van der Waals surface area (Å²) in [6.07, 6.45) is 6.22. The number of benzene rings is 2. The SMILES string of the molecule is Oc1ccccc1C1=CC=CCC1(O)c1ccccc1. The molecular weight excluding hydrogens is 248 g/mol. The van der Waals surface area contributed by atoms with E-state index in [1.165, 1.54) is 0 Å². The van der Waals surface area contributed by atoms with E-state index in [1.807, 2.05) is 60.7 Å². The summed E-state index contributed by atoms with van der Waals surface area (Å²) in [6.45, 7) is 0. The molecule has 2 aromatic carbocycles. The maximum Gasteiger partial charge on any atom is 0.123 e. The largest absolute Gasteiger partial charge is 0.507 e. The Morgan fingerprint density at radius 2 is 1.60 bits per heavy atom. The van der Waals surface area contributed by atoms with Crippen molar-refractivity contribution >= 4 is 5.57 Å². The van der Waals surface area contributed by atoms with Crippen LogP contribution in [0.2, 0.25) is 0 Å². The van der Waals surface area contributed by atoms with Crippen molar-refractivity contribution in [3.05, 3.63) is 84.0 Å². The molecule has 2 N–H and O–H groups in total. The van der Waals surface area contributed by atoms with Gasteiger partial charge in [-0.15, -0.1) is 0 Å². The van der Waals surface area contributed by atoms with Crippen LogP contribution in [0, 0.1) is 0 Å². The quantitative estimate of drug-likeness (QED) is 0.869. The zero-order chi connectivity index (χ0) is 14.0. The predicted octanol–water partition coefficient (Wildman–Crippen LogP) is 3.62. The number of phenolic OH excluding ortho intramolecular Hbond substituents is 1. The van der Waals surface area contributed by atoms with Crippen molar-refractivity contribution in [3.63, 3.8) is 0 Å². The van der Waals surface area contributed by atoms with Gasteiger partial charge >= 0.3 is 0 Å². The van der Waals surface area contributed by atoms with Gasteiger partial charge in [0.15, 0.2) is 0 Å². The minimum Gasteiger partial charge on any atom is -0.507 e. The highest BCUT2D eigenvalue weighted by Crippen LogP contribution is 2.43. The summed E-state index contributed by atoms with van der Waals surface area (Å²) in [5.41, 5.74) is 1.13. The monoisotopic (exact) mass is 264 g/mol. The van der Waals surface area contributed by atoms with Crippen LogP contribution in [-0.2, 0) is 5.60 Å². The van der Waals surface area contributed by atoms with E-state index < -0.39 is 5.60 Å². The van der Waals surface area contributed by atoms with Crippen LogP contribution < -0.4 is 0 Å². The third kappa shape index (κ3) is 2.04. The molecule has 1 aliphatic carbocycles. The van der Waals surface area contributed by atoms with E-state index in [1.54, 1.807) is 12.1 Å². The molecule has 100 valence electrons. The molecular formula is C18H16O2. The van der Waals surface area contributed by atoms with Gasteiger partial charge in [-0.05, 0) is 17.2 Å². The fourth-order valence-corrected chi connectivity index (χ4v) is 2.65. The molecule has 0 aliphatic heterocycles. The molecule has 0 saturated heterocycles. The van der Waals surface area contributed by atoms with E-state index in [4.69, 9.17) is 0 Å². The molecule has 1 aliphatic rings. The van der Waals surface area contributed by atoms with Gasteiger partial charge in [0.25, 0.3) is 0 Å². The minimum absolute atomic E-state index is 0.184. The van der Waals surface area contributed by atoms with E-state index >= 15 is 0 Å². The van der Waals surface area contributed by atoms with Crippen molar-refractivity contribution in [2.45, 2.75) is 12.0 Å². The Kier molecular flexibility index (Phi) is 3.17. The van der Waals surface area contributed by atoms with E-state index in [-0.39, 0.29) is 5.75 Å². The average molecular weight is 264 g/mol. The molecule has 3 rings (SSSR count). The Morgan fingerprint density at radius 3 is 2.35 bits per heavy atom. The molecule has 0 bridgehead atoms. The van der Waals surface area contributed by atoms with Crippen molar-refractivity contribution in [3.8, 4) is 5.75 Å². The molecule has 0 heterocycles. The van der Waals surface area contributed by atoms with Crippen molar-refractivity contribution in [1.82, 2.24) is 0 Å². The zero-order valence-corrected chi connectivity index (χ0v) is 11.0. The van der Waals surface area contributed by atoms with Gasteiger partial charge in [0.1, 0.15) is 11.4 Å². The van der Waals surface area contributed by atoms with Crippen molar-refractivity contribution in [2.75, 3.05) is 0 Å². The number of aromatic hydroxyl groups is 1. The van der Waals surface area contributed by atoms with Crippen LogP contribution >= 0.6 is 0 Å². The number of para-hydroxylation sites is 1. The van der Waals surface area contributed by atoms with Gasteiger partial charge in [0, 0.05) is 12.0 Å². The lowest BCUT2D eigenvalue weighted by atomic mass is 9.77. The fourth-order valence-electron chi connectivity index (χ4n) is 2.65. The topological polar surface area (TPSA) is 40.5 Å². The number of rotatable bonds is 2. The van der Waals surface area contributed by atoms with Gasteiger partial charge < -0.3 is 10.2 Å². The van der Waals surface area contributed by atoms with Crippen LogP contribution in [0.1, 0.15) is 17.5 Å². The first-order chi connectivity index (χ1) is 9.72. The first kappa shape index (κ1) is 12.7. The standard InChI is InChI=1S/C18H16O2/c19-17-12-5-4-10-15(17)16-11-6-7-13-18(16,20)14-8-2-1-3-9-14/h1-12,19-20H,13H2. The van der Waals surface area contributed by atoms with Crippen molar-refractivity contribution in [1.29, 1.82) is 0 Å². The third-order valence-corrected chi connectivity index (χ3v) is 3.70. The number of phenols is 1. The molecule has 0 saturated carbocycles. The van der Waals surface area contributed by atoms with Crippen molar-refractivity contribution < 1.29 is 10.2 Å². The van der Waals surface area contributed by atoms with Crippen LogP contribution in [0.5, 0.6) is 5.75 Å². The molecule has 0 amide bonds. The molecule has 20 heavy (non-hydrogen) atoms. The third-order valence-electron chi connectivity index (χ3n) is 3.70. The molecule has 0 spiro atoms. The zero-order valence-electron chi connectivity index (χ0n) is 11.0. The summed E-state index contributed by atoms with van der Waals surface area (Å²) in [6, 6.07) is 16.7. The van der Waals surface area contributed by atoms with Crippen LogP contribution in [0.15, 0.2) is 72.8 Å². The van der Waals surface area contributed by atoms with Crippen molar-refractivity contribution in [2.24, 2.45) is 0 Å². The highest BCUT2D eigenvalue weighted by molar-refractivity contribution is 5.79. The lowest BCUT2D eigenvalue weighted by Gasteiger charge is -2.33. The van der Waals surface area contributed by atoms with E-state index in [0.29, 0.717) is 12.0 Å². The van der Waals surface area contributed by atoms with E-state index in [0.717, 1.165) is 11.1 Å². The second-order valence-corrected chi connectivity index (χ2v) is 4.96. The smallest absolute Gasteiger partial charge is 0.123 e. The van der Waals surface area contributed by atoms with E-state index in [9.17, 15) is 10.2 Å². The Morgan fingerprint density at radius 1 is 0.900 bits per heavy atom. The van der Waals surface area contributed by atoms with Crippen LogP contribution in [0.3, 0.4) is 0 Å². The summed E-state index contributed by atoms with van der Waals surface area (Å²) in [7, 11) is 0. The summed E-state index contributed by atoms with van der Waals surface area (Å²) >= 11 is 0. The lowest BCUT2D eigenvalue weighted by Crippen LogP contribution is -2.28. The normalized spacial score (nSPS) is 21.6. The van der Waals surface area contributed by atoms with Crippen LogP contribution in [0.4, 0.5) is 0 Å². The molecule has 2 nitrogen and oxygen atoms in total. The second kappa shape index (κ2) is 4.99. The summed E-state index contributed by atoms with van der Waals surface area (Å²) in [5, 5.41) is 21.2. The first-order valence-corrected chi connectivity index (χ1v) is 6.65. The van der Waals surface area contributed by atoms with Crippen LogP contribution in [0.25, 0.3) is 5.57 Å². The molecule has 0 fully saturated rings. The fraction of sp³-hybridized carbons (Fsp3) is 0.111.